The molecule has 0 aliphatic carbocycles. The molecule has 1 aliphatic rings. The van der Waals surface area contributed by atoms with E-state index in [-0.39, 0.29) is 16.8 Å². The van der Waals surface area contributed by atoms with Gasteiger partial charge in [-0.3, -0.25) is 0 Å². The molecule has 0 saturated carbocycles. The number of piperazine rings is 1. The van der Waals surface area contributed by atoms with Crippen LogP contribution in [0.3, 0.4) is 0 Å². The molecule has 1 saturated heterocycles. The largest absolute Gasteiger partial charge is 0.872 e. The summed E-state index contributed by atoms with van der Waals surface area (Å²) < 4.78 is 0. The Hall–Kier alpha value is -1.63. The summed E-state index contributed by atoms with van der Waals surface area (Å²) in [4.78, 5) is 10.2. The molecule has 1 fully saturated rings. The Bertz CT molecular complexity index is 311. The lowest BCUT2D eigenvalue weighted by Gasteiger charge is -2.07. The first-order valence-corrected chi connectivity index (χ1v) is 5.23. The van der Waals surface area contributed by atoms with Crippen molar-refractivity contribution in [3.63, 3.8) is 0 Å². The summed E-state index contributed by atoms with van der Waals surface area (Å²) in [5.41, 5.74) is 0.139. The lowest BCUT2D eigenvalue weighted by atomic mass is 10.2. The first-order valence-electron chi connectivity index (χ1n) is 5.23. The SMILES string of the molecule is C1C[NH2+]CCN1.O.O=C(O)c1ccc([O-])cc1. The maximum Gasteiger partial charge on any atom is 0.335 e. The van der Waals surface area contributed by atoms with Gasteiger partial charge in [0, 0.05) is 13.1 Å². The van der Waals surface area contributed by atoms with Crippen LogP contribution in [0.1, 0.15) is 10.4 Å². The van der Waals surface area contributed by atoms with E-state index in [1.54, 1.807) is 0 Å². The fraction of sp³-hybridized carbons (Fsp3) is 0.364. The molecular weight excluding hydrogens is 224 g/mol. The van der Waals surface area contributed by atoms with Gasteiger partial charge in [-0.25, -0.2) is 4.79 Å². The van der Waals surface area contributed by atoms with Crippen molar-refractivity contribution in [3.05, 3.63) is 29.8 Å². The molecule has 1 aromatic rings. The van der Waals surface area contributed by atoms with Gasteiger partial charge in [0.2, 0.25) is 0 Å². The van der Waals surface area contributed by atoms with Crippen LogP contribution in [0, 0.1) is 0 Å². The van der Waals surface area contributed by atoms with Crippen molar-refractivity contribution in [1.29, 1.82) is 0 Å². The van der Waals surface area contributed by atoms with Crippen LogP contribution in [0.5, 0.6) is 5.75 Å². The molecule has 1 aliphatic heterocycles. The maximum atomic E-state index is 10.5. The summed E-state index contributed by atoms with van der Waals surface area (Å²) in [6, 6.07) is 5.02. The minimum absolute atomic E-state index is 0. The Kier molecular flexibility index (Phi) is 7.70. The number of hydrogen-bond donors (Lipinski definition) is 3. The quantitative estimate of drug-likeness (QED) is 0.517. The van der Waals surface area contributed by atoms with E-state index in [9.17, 15) is 9.90 Å². The summed E-state index contributed by atoms with van der Waals surface area (Å²) >= 11 is 0. The summed E-state index contributed by atoms with van der Waals surface area (Å²) in [5, 5.41) is 24.4. The van der Waals surface area contributed by atoms with Crippen molar-refractivity contribution in [2.24, 2.45) is 0 Å². The van der Waals surface area contributed by atoms with E-state index >= 15 is 0 Å². The Morgan fingerprint density at radius 3 is 2.06 bits per heavy atom. The highest BCUT2D eigenvalue weighted by Gasteiger charge is 1.97. The molecule has 96 valence electrons. The normalized spacial score (nSPS) is 13.9. The van der Waals surface area contributed by atoms with Gasteiger partial charge in [0.05, 0.1) is 18.7 Å². The molecule has 0 radical (unpaired) electrons. The van der Waals surface area contributed by atoms with Crippen molar-refractivity contribution >= 4 is 5.97 Å². The van der Waals surface area contributed by atoms with Gasteiger partial charge in [-0.05, 0) is 12.1 Å². The highest BCUT2D eigenvalue weighted by atomic mass is 16.4. The number of quaternary nitrogens is 1. The second-order valence-electron chi connectivity index (χ2n) is 3.45. The molecule has 0 amide bonds. The van der Waals surface area contributed by atoms with E-state index in [1.165, 1.54) is 50.4 Å². The molecule has 0 spiro atoms. The third-order valence-corrected chi connectivity index (χ3v) is 2.15. The van der Waals surface area contributed by atoms with Gasteiger partial charge in [-0.2, -0.15) is 0 Å². The molecule has 6 nitrogen and oxygen atoms in total. The van der Waals surface area contributed by atoms with E-state index in [2.05, 4.69) is 10.6 Å². The number of benzene rings is 1. The van der Waals surface area contributed by atoms with Gasteiger partial charge >= 0.3 is 5.97 Å². The third-order valence-electron chi connectivity index (χ3n) is 2.15. The minimum Gasteiger partial charge on any atom is -0.872 e. The van der Waals surface area contributed by atoms with Gasteiger partial charge in [0.1, 0.15) is 0 Å². The standard InChI is InChI=1S/C7H6O3.C4H10N2.H2O/c8-6-3-1-5(2-4-6)7(9)10;1-2-6-4-3-5-1;/h1-4,8H,(H,9,10);5-6H,1-4H2;1H2. The molecule has 0 atom stereocenters. The van der Waals surface area contributed by atoms with Crippen LogP contribution in [0.15, 0.2) is 24.3 Å². The number of nitrogens with one attached hydrogen (secondary N) is 1. The third kappa shape index (κ3) is 6.52. The number of nitrogens with two attached hydrogens (primary N) is 1. The van der Waals surface area contributed by atoms with E-state index < -0.39 is 5.97 Å². The van der Waals surface area contributed by atoms with Gasteiger partial charge in [-0.15, -0.1) is 5.75 Å². The van der Waals surface area contributed by atoms with E-state index in [0.717, 1.165) is 0 Å². The average Bonchev–Trinajstić information content (AvgIpc) is 2.32. The zero-order valence-electron chi connectivity index (χ0n) is 9.48. The predicted molar refractivity (Wildman–Crippen MR) is 61.0 cm³/mol. The Balaban J connectivity index is 0.000000316. The second-order valence-corrected chi connectivity index (χ2v) is 3.45. The highest BCUT2D eigenvalue weighted by Crippen LogP contribution is 2.05. The van der Waals surface area contributed by atoms with Crippen molar-refractivity contribution < 1.29 is 25.8 Å². The van der Waals surface area contributed by atoms with Crippen LogP contribution >= 0.6 is 0 Å². The maximum absolute atomic E-state index is 10.5. The molecular formula is C11H18N2O4. The predicted octanol–water partition coefficient (Wildman–Crippen LogP) is -2.21. The van der Waals surface area contributed by atoms with Gasteiger partial charge in [0.25, 0.3) is 0 Å². The van der Waals surface area contributed by atoms with Crippen LogP contribution in [-0.2, 0) is 0 Å². The van der Waals surface area contributed by atoms with Crippen molar-refractivity contribution in [2.45, 2.75) is 0 Å². The van der Waals surface area contributed by atoms with Crippen LogP contribution in [0.2, 0.25) is 0 Å². The molecule has 6 heteroatoms. The van der Waals surface area contributed by atoms with Crippen molar-refractivity contribution in [1.82, 2.24) is 5.32 Å². The zero-order chi connectivity index (χ0) is 11.8. The fourth-order valence-corrected chi connectivity index (χ4v) is 1.28. The Labute approximate surface area is 99.6 Å². The molecule has 1 heterocycles. The zero-order valence-corrected chi connectivity index (χ0v) is 9.48. The molecule has 0 bridgehead atoms. The van der Waals surface area contributed by atoms with Crippen LogP contribution < -0.4 is 15.7 Å². The van der Waals surface area contributed by atoms with Gasteiger partial charge < -0.3 is 26.3 Å². The number of aromatic carboxylic acids is 1. The fourth-order valence-electron chi connectivity index (χ4n) is 1.28. The summed E-state index contributed by atoms with van der Waals surface area (Å²) in [6.45, 7) is 4.92. The Morgan fingerprint density at radius 2 is 1.76 bits per heavy atom. The number of hydrogen-bond acceptors (Lipinski definition) is 3. The molecule has 0 aromatic heterocycles. The monoisotopic (exact) mass is 242 g/mol. The van der Waals surface area contributed by atoms with E-state index in [0.29, 0.717) is 0 Å². The average molecular weight is 242 g/mol. The van der Waals surface area contributed by atoms with Crippen LogP contribution in [0.25, 0.3) is 0 Å². The number of carboxylic acids is 1. The van der Waals surface area contributed by atoms with Gasteiger partial charge in [0.15, 0.2) is 0 Å². The second kappa shape index (κ2) is 8.51. The Morgan fingerprint density at radius 1 is 1.24 bits per heavy atom. The lowest BCUT2D eigenvalue weighted by molar-refractivity contribution is -0.657. The summed E-state index contributed by atoms with van der Waals surface area (Å²) in [5.74, 6) is -1.19. The first kappa shape index (κ1) is 15.4. The van der Waals surface area contributed by atoms with Gasteiger partial charge in [-0.1, -0.05) is 12.1 Å². The topological polar surface area (TPSA) is 121 Å². The van der Waals surface area contributed by atoms with E-state index in [4.69, 9.17) is 5.11 Å². The number of rotatable bonds is 1. The van der Waals surface area contributed by atoms with Crippen LogP contribution in [0.4, 0.5) is 0 Å². The van der Waals surface area contributed by atoms with E-state index in [1.807, 2.05) is 0 Å². The molecule has 6 N–H and O–H groups in total. The minimum atomic E-state index is -1.01. The van der Waals surface area contributed by atoms with Crippen molar-refractivity contribution in [2.75, 3.05) is 26.2 Å². The smallest absolute Gasteiger partial charge is 0.335 e. The molecule has 17 heavy (non-hydrogen) atoms. The lowest BCUT2D eigenvalue weighted by Crippen LogP contribution is -2.89. The molecule has 1 aromatic carbocycles. The highest BCUT2D eigenvalue weighted by molar-refractivity contribution is 5.87. The molecule has 2 rings (SSSR count). The first-order chi connectivity index (χ1) is 7.70. The number of carboxylic acid groups (broad SMARTS) is 1. The van der Waals surface area contributed by atoms with Crippen LogP contribution in [-0.4, -0.2) is 42.7 Å². The van der Waals surface area contributed by atoms with Crippen molar-refractivity contribution in [3.8, 4) is 5.75 Å². The molecule has 0 unspecified atom stereocenters. The summed E-state index contributed by atoms with van der Waals surface area (Å²) in [6.07, 6.45) is 0. The number of carbonyl (C=O) groups is 1. The summed E-state index contributed by atoms with van der Waals surface area (Å²) in [7, 11) is 0.